The molecule has 1 aromatic carbocycles. The molecule has 1 atom stereocenters. The minimum absolute atomic E-state index is 0.0174. The second-order valence-corrected chi connectivity index (χ2v) is 5.35. The molecule has 0 saturated carbocycles. The van der Waals surface area contributed by atoms with Crippen molar-refractivity contribution in [2.75, 3.05) is 13.1 Å². The van der Waals surface area contributed by atoms with Gasteiger partial charge in [0.15, 0.2) is 0 Å². The number of amides is 1. The van der Waals surface area contributed by atoms with Crippen molar-refractivity contribution in [1.82, 2.24) is 10.2 Å². The van der Waals surface area contributed by atoms with Crippen molar-refractivity contribution in [2.45, 2.75) is 38.8 Å². The topological polar surface area (TPSA) is 32.3 Å². The molecule has 0 spiro atoms. The summed E-state index contributed by atoms with van der Waals surface area (Å²) in [4.78, 5) is 14.3. The summed E-state index contributed by atoms with van der Waals surface area (Å²) in [5.41, 5.74) is 1.01. The SMILES string of the molecule is CCN(Cc1ccccc1Cl)C(=O)[C@@H]1CCCCN1. The van der Waals surface area contributed by atoms with E-state index in [-0.39, 0.29) is 11.9 Å². The molecule has 1 saturated heterocycles. The van der Waals surface area contributed by atoms with Crippen LogP contribution in [0.15, 0.2) is 24.3 Å². The van der Waals surface area contributed by atoms with E-state index in [0.717, 1.165) is 30.0 Å². The van der Waals surface area contributed by atoms with Crippen molar-refractivity contribution in [3.63, 3.8) is 0 Å². The maximum atomic E-state index is 12.5. The molecule has 1 aliphatic heterocycles. The van der Waals surface area contributed by atoms with Crippen molar-refractivity contribution < 1.29 is 4.79 Å². The molecular weight excluding hydrogens is 260 g/mol. The molecule has 0 unspecified atom stereocenters. The monoisotopic (exact) mass is 280 g/mol. The first-order chi connectivity index (χ1) is 9.22. The largest absolute Gasteiger partial charge is 0.337 e. The highest BCUT2D eigenvalue weighted by Crippen LogP contribution is 2.18. The number of rotatable bonds is 4. The molecule has 0 aliphatic carbocycles. The van der Waals surface area contributed by atoms with Crippen LogP contribution in [0.1, 0.15) is 31.7 Å². The smallest absolute Gasteiger partial charge is 0.239 e. The number of carbonyl (C=O) groups is 1. The number of hydrogen-bond acceptors (Lipinski definition) is 2. The standard InChI is InChI=1S/C15H21ClN2O/c1-2-18(11-12-7-3-4-8-13(12)16)15(19)14-9-5-6-10-17-14/h3-4,7-8,14,17H,2,5-6,9-11H2,1H3/t14-/m0/s1. The molecule has 1 amide bonds. The first-order valence-electron chi connectivity index (χ1n) is 6.98. The predicted molar refractivity (Wildman–Crippen MR) is 78.2 cm³/mol. The molecule has 1 heterocycles. The van der Waals surface area contributed by atoms with Gasteiger partial charge < -0.3 is 10.2 Å². The van der Waals surface area contributed by atoms with Gasteiger partial charge in [0.1, 0.15) is 0 Å². The number of piperidine rings is 1. The Hall–Kier alpha value is -1.06. The Balaban J connectivity index is 2.03. The summed E-state index contributed by atoms with van der Waals surface area (Å²) in [5, 5.41) is 4.04. The van der Waals surface area contributed by atoms with E-state index in [0.29, 0.717) is 13.1 Å². The van der Waals surface area contributed by atoms with Crippen LogP contribution in [0, 0.1) is 0 Å². The lowest BCUT2D eigenvalue weighted by Gasteiger charge is -2.29. The number of nitrogens with zero attached hydrogens (tertiary/aromatic N) is 1. The lowest BCUT2D eigenvalue weighted by molar-refractivity contribution is -0.134. The highest BCUT2D eigenvalue weighted by molar-refractivity contribution is 6.31. The summed E-state index contributed by atoms with van der Waals surface area (Å²) < 4.78 is 0. The first-order valence-corrected chi connectivity index (χ1v) is 7.35. The highest BCUT2D eigenvalue weighted by Gasteiger charge is 2.25. The highest BCUT2D eigenvalue weighted by atomic mass is 35.5. The number of halogens is 1. The summed E-state index contributed by atoms with van der Waals surface area (Å²) in [7, 11) is 0. The Labute approximate surface area is 119 Å². The minimum Gasteiger partial charge on any atom is -0.337 e. The van der Waals surface area contributed by atoms with Crippen molar-refractivity contribution in [3.8, 4) is 0 Å². The average Bonchev–Trinajstić information content (AvgIpc) is 2.47. The third-order valence-electron chi connectivity index (χ3n) is 3.62. The van der Waals surface area contributed by atoms with Crippen molar-refractivity contribution in [3.05, 3.63) is 34.9 Å². The Bertz CT molecular complexity index is 430. The molecule has 0 bridgehead atoms. The van der Waals surface area contributed by atoms with Crippen LogP contribution in [0.3, 0.4) is 0 Å². The van der Waals surface area contributed by atoms with Gasteiger partial charge in [-0.15, -0.1) is 0 Å². The van der Waals surface area contributed by atoms with Crippen LogP contribution in [0.25, 0.3) is 0 Å². The Morgan fingerprint density at radius 1 is 1.42 bits per heavy atom. The van der Waals surface area contributed by atoms with Gasteiger partial charge in [-0.3, -0.25) is 4.79 Å². The van der Waals surface area contributed by atoms with E-state index in [1.54, 1.807) is 0 Å². The van der Waals surface area contributed by atoms with Gasteiger partial charge >= 0.3 is 0 Å². The maximum absolute atomic E-state index is 12.5. The fourth-order valence-electron chi connectivity index (χ4n) is 2.46. The Kier molecular flexibility index (Phi) is 5.23. The van der Waals surface area contributed by atoms with Crippen molar-refractivity contribution >= 4 is 17.5 Å². The maximum Gasteiger partial charge on any atom is 0.239 e. The van der Waals surface area contributed by atoms with Crippen LogP contribution in [-0.2, 0) is 11.3 Å². The summed E-state index contributed by atoms with van der Waals surface area (Å²) >= 11 is 6.16. The Morgan fingerprint density at radius 2 is 2.21 bits per heavy atom. The number of nitrogens with one attached hydrogen (secondary N) is 1. The molecule has 3 nitrogen and oxygen atoms in total. The molecular formula is C15H21ClN2O. The van der Waals surface area contributed by atoms with E-state index >= 15 is 0 Å². The fraction of sp³-hybridized carbons (Fsp3) is 0.533. The zero-order valence-electron chi connectivity index (χ0n) is 11.4. The average molecular weight is 281 g/mol. The van der Waals surface area contributed by atoms with Gasteiger partial charge in [-0.05, 0) is 37.9 Å². The van der Waals surface area contributed by atoms with E-state index < -0.39 is 0 Å². The van der Waals surface area contributed by atoms with Gasteiger partial charge in [-0.2, -0.15) is 0 Å². The molecule has 1 N–H and O–H groups in total. The van der Waals surface area contributed by atoms with Crippen LogP contribution < -0.4 is 5.32 Å². The summed E-state index contributed by atoms with van der Waals surface area (Å²) in [6.45, 7) is 4.26. The van der Waals surface area contributed by atoms with Gasteiger partial charge in [-0.1, -0.05) is 36.2 Å². The number of hydrogen-bond donors (Lipinski definition) is 1. The van der Waals surface area contributed by atoms with Crippen molar-refractivity contribution in [1.29, 1.82) is 0 Å². The summed E-state index contributed by atoms with van der Waals surface area (Å²) in [6.07, 6.45) is 3.24. The first kappa shape index (κ1) is 14.4. The minimum atomic E-state index is -0.0174. The van der Waals surface area contributed by atoms with E-state index in [2.05, 4.69) is 5.32 Å². The van der Waals surface area contributed by atoms with Gasteiger partial charge in [0.2, 0.25) is 5.91 Å². The van der Waals surface area contributed by atoms with Gasteiger partial charge in [-0.25, -0.2) is 0 Å². The fourth-order valence-corrected chi connectivity index (χ4v) is 2.66. The third kappa shape index (κ3) is 3.71. The van der Waals surface area contributed by atoms with Gasteiger partial charge in [0.05, 0.1) is 6.04 Å². The lowest BCUT2D eigenvalue weighted by atomic mass is 10.0. The van der Waals surface area contributed by atoms with E-state index in [9.17, 15) is 4.79 Å². The molecule has 19 heavy (non-hydrogen) atoms. The summed E-state index contributed by atoms with van der Waals surface area (Å²) in [5.74, 6) is 0.196. The van der Waals surface area contributed by atoms with Crippen molar-refractivity contribution in [2.24, 2.45) is 0 Å². The quantitative estimate of drug-likeness (QED) is 0.920. The normalized spacial score (nSPS) is 19.2. The van der Waals surface area contributed by atoms with Crippen LogP contribution in [0.4, 0.5) is 0 Å². The number of benzene rings is 1. The lowest BCUT2D eigenvalue weighted by Crippen LogP contribution is -2.48. The van der Waals surface area contributed by atoms with Crippen LogP contribution in [-0.4, -0.2) is 29.9 Å². The van der Waals surface area contributed by atoms with Gasteiger partial charge in [0, 0.05) is 18.1 Å². The molecule has 2 rings (SSSR count). The van der Waals surface area contributed by atoms with Crippen LogP contribution in [0.2, 0.25) is 5.02 Å². The Morgan fingerprint density at radius 3 is 2.84 bits per heavy atom. The van der Waals surface area contributed by atoms with Crippen LogP contribution >= 0.6 is 11.6 Å². The van der Waals surface area contributed by atoms with Crippen LogP contribution in [0.5, 0.6) is 0 Å². The van der Waals surface area contributed by atoms with E-state index in [4.69, 9.17) is 11.6 Å². The van der Waals surface area contributed by atoms with Gasteiger partial charge in [0.25, 0.3) is 0 Å². The summed E-state index contributed by atoms with van der Waals surface area (Å²) in [6, 6.07) is 7.70. The zero-order valence-corrected chi connectivity index (χ0v) is 12.1. The third-order valence-corrected chi connectivity index (χ3v) is 3.99. The molecule has 1 aliphatic rings. The molecule has 1 aromatic rings. The molecule has 4 heteroatoms. The predicted octanol–water partition coefficient (Wildman–Crippen LogP) is 2.83. The second-order valence-electron chi connectivity index (χ2n) is 4.95. The molecule has 104 valence electrons. The molecule has 1 fully saturated rings. The zero-order chi connectivity index (χ0) is 13.7. The number of likely N-dealkylation sites (N-methyl/N-ethyl adjacent to an activating group) is 1. The molecule has 0 radical (unpaired) electrons. The number of carbonyl (C=O) groups excluding carboxylic acids is 1. The van der Waals surface area contributed by atoms with E-state index in [1.807, 2.05) is 36.1 Å². The van der Waals surface area contributed by atoms with E-state index in [1.165, 1.54) is 6.42 Å². The molecule has 0 aromatic heterocycles. The second kappa shape index (κ2) is 6.92.